The number of carbonyl (C=O) groups is 1. The molecule has 2 aromatic carbocycles. The van der Waals surface area contributed by atoms with Crippen molar-refractivity contribution in [2.45, 2.75) is 20.0 Å². The number of halogens is 1. The van der Waals surface area contributed by atoms with E-state index in [1.54, 1.807) is 13.0 Å². The summed E-state index contributed by atoms with van der Waals surface area (Å²) in [5, 5.41) is 7.78. The lowest BCUT2D eigenvalue weighted by atomic mass is 10.1. The van der Waals surface area contributed by atoms with Gasteiger partial charge < -0.3 is 9.15 Å². The van der Waals surface area contributed by atoms with Crippen molar-refractivity contribution in [3.63, 3.8) is 0 Å². The van der Waals surface area contributed by atoms with Crippen molar-refractivity contribution in [2.24, 2.45) is 0 Å². The number of hydrogen-bond acceptors (Lipinski definition) is 5. The molecule has 0 saturated heterocycles. The number of rotatable bonds is 5. The number of carbonyl (C=O) groups excluding carboxylic acids is 1. The second-order valence-electron chi connectivity index (χ2n) is 5.78. The monoisotopic (exact) mass is 352 g/mol. The fourth-order valence-electron chi connectivity index (χ4n) is 2.21. The Kier molecular flexibility index (Phi) is 5.22. The third-order valence-electron chi connectivity index (χ3n) is 3.66. The highest BCUT2D eigenvalue weighted by molar-refractivity contribution is 5.87. The van der Waals surface area contributed by atoms with E-state index in [2.05, 4.69) is 10.2 Å². The van der Waals surface area contributed by atoms with Gasteiger partial charge in [0.05, 0.1) is 0 Å². The molecule has 0 saturated carbocycles. The van der Waals surface area contributed by atoms with Crippen LogP contribution in [-0.2, 0) is 9.53 Å². The van der Waals surface area contributed by atoms with Gasteiger partial charge in [0.1, 0.15) is 5.82 Å². The molecule has 1 atom stereocenters. The van der Waals surface area contributed by atoms with E-state index in [1.165, 1.54) is 30.3 Å². The molecule has 6 heteroatoms. The second-order valence-corrected chi connectivity index (χ2v) is 5.78. The largest absolute Gasteiger partial charge is 0.449 e. The van der Waals surface area contributed by atoms with Crippen LogP contribution in [0.25, 0.3) is 17.5 Å². The minimum atomic E-state index is -0.702. The summed E-state index contributed by atoms with van der Waals surface area (Å²) >= 11 is 0. The highest BCUT2D eigenvalue weighted by atomic mass is 19.1. The zero-order valence-corrected chi connectivity index (χ0v) is 14.3. The van der Waals surface area contributed by atoms with Gasteiger partial charge in [0.15, 0.2) is 6.10 Å². The zero-order chi connectivity index (χ0) is 18.5. The van der Waals surface area contributed by atoms with E-state index in [4.69, 9.17) is 9.15 Å². The van der Waals surface area contributed by atoms with Crippen molar-refractivity contribution in [1.29, 1.82) is 0 Å². The fourth-order valence-corrected chi connectivity index (χ4v) is 2.21. The normalized spacial score (nSPS) is 12.3. The molecule has 0 aliphatic rings. The molecule has 132 valence electrons. The summed E-state index contributed by atoms with van der Waals surface area (Å²) in [5.74, 6) is -0.463. The van der Waals surface area contributed by atoms with Gasteiger partial charge in [0.2, 0.25) is 5.89 Å². The topological polar surface area (TPSA) is 65.2 Å². The van der Waals surface area contributed by atoms with E-state index in [0.717, 1.165) is 11.1 Å². The second kappa shape index (κ2) is 7.74. The highest BCUT2D eigenvalue weighted by Crippen LogP contribution is 2.22. The molecule has 0 unspecified atom stereocenters. The van der Waals surface area contributed by atoms with Crippen molar-refractivity contribution in [3.8, 4) is 11.5 Å². The molecule has 0 radical (unpaired) electrons. The smallest absolute Gasteiger partial charge is 0.331 e. The summed E-state index contributed by atoms with van der Waals surface area (Å²) < 4.78 is 23.7. The molecular weight excluding hydrogens is 335 g/mol. The molecular formula is C20H17FN2O3. The summed E-state index contributed by atoms with van der Waals surface area (Å²) in [7, 11) is 0. The predicted octanol–water partition coefficient (Wildman–Crippen LogP) is 4.50. The Labute approximate surface area is 150 Å². The third-order valence-corrected chi connectivity index (χ3v) is 3.66. The number of aryl methyl sites for hydroxylation is 1. The summed E-state index contributed by atoms with van der Waals surface area (Å²) in [6.45, 7) is 3.63. The van der Waals surface area contributed by atoms with Crippen molar-refractivity contribution in [3.05, 3.63) is 77.4 Å². The Morgan fingerprint density at radius 1 is 1.12 bits per heavy atom. The van der Waals surface area contributed by atoms with Gasteiger partial charge in [-0.2, -0.15) is 0 Å². The SMILES string of the molecule is Cc1ccc(/C=C/C(=O)O[C@H](C)c2nnc(-c3ccc(F)cc3)o2)cc1. The molecule has 26 heavy (non-hydrogen) atoms. The Balaban J connectivity index is 1.62. The van der Waals surface area contributed by atoms with Gasteiger partial charge >= 0.3 is 5.97 Å². The van der Waals surface area contributed by atoms with E-state index >= 15 is 0 Å². The third kappa shape index (κ3) is 4.42. The van der Waals surface area contributed by atoms with Gasteiger partial charge in [0.25, 0.3) is 5.89 Å². The highest BCUT2D eigenvalue weighted by Gasteiger charge is 2.18. The van der Waals surface area contributed by atoms with Crippen LogP contribution in [0.2, 0.25) is 0 Å². The maximum Gasteiger partial charge on any atom is 0.331 e. The quantitative estimate of drug-likeness (QED) is 0.500. The molecule has 1 heterocycles. The minimum Gasteiger partial charge on any atom is -0.449 e. The molecule has 5 nitrogen and oxygen atoms in total. The number of hydrogen-bond donors (Lipinski definition) is 0. The standard InChI is InChI=1S/C20H17FN2O3/c1-13-3-5-15(6-4-13)7-12-18(24)25-14(2)19-22-23-20(26-19)16-8-10-17(21)11-9-16/h3-12,14H,1-2H3/b12-7+/t14-/m1/s1. The van der Waals surface area contributed by atoms with E-state index in [9.17, 15) is 9.18 Å². The van der Waals surface area contributed by atoms with Gasteiger partial charge in [-0.05, 0) is 49.8 Å². The van der Waals surface area contributed by atoms with Crippen LogP contribution >= 0.6 is 0 Å². The molecule has 0 fully saturated rings. The first-order chi connectivity index (χ1) is 12.5. The Morgan fingerprint density at radius 3 is 2.50 bits per heavy atom. The summed E-state index contributed by atoms with van der Waals surface area (Å²) in [4.78, 5) is 11.9. The Bertz CT molecular complexity index is 915. The van der Waals surface area contributed by atoms with Crippen LogP contribution in [0, 0.1) is 12.7 Å². The predicted molar refractivity (Wildman–Crippen MR) is 94.4 cm³/mol. The van der Waals surface area contributed by atoms with Crippen molar-refractivity contribution in [2.75, 3.05) is 0 Å². The van der Waals surface area contributed by atoms with E-state index in [-0.39, 0.29) is 17.6 Å². The molecule has 0 N–H and O–H groups in total. The average molecular weight is 352 g/mol. The summed E-state index contributed by atoms with van der Waals surface area (Å²) in [5.41, 5.74) is 2.63. The molecule has 0 bridgehead atoms. The lowest BCUT2D eigenvalue weighted by Crippen LogP contribution is -2.06. The number of nitrogens with zero attached hydrogens (tertiary/aromatic N) is 2. The van der Waals surface area contributed by atoms with Crippen LogP contribution in [-0.4, -0.2) is 16.2 Å². The number of benzene rings is 2. The molecule has 3 aromatic rings. The Hall–Kier alpha value is -3.28. The maximum absolute atomic E-state index is 13.0. The van der Waals surface area contributed by atoms with Crippen LogP contribution in [0.3, 0.4) is 0 Å². The fraction of sp³-hybridized carbons (Fsp3) is 0.150. The van der Waals surface area contributed by atoms with Crippen molar-refractivity contribution < 1.29 is 18.3 Å². The van der Waals surface area contributed by atoms with Crippen molar-refractivity contribution in [1.82, 2.24) is 10.2 Å². The van der Waals surface area contributed by atoms with Gasteiger partial charge in [-0.3, -0.25) is 0 Å². The molecule has 0 spiro atoms. The number of aromatic nitrogens is 2. The molecule has 0 aliphatic carbocycles. The first-order valence-electron chi connectivity index (χ1n) is 8.06. The van der Waals surface area contributed by atoms with Crippen LogP contribution in [0.15, 0.2) is 59.0 Å². The van der Waals surface area contributed by atoms with Gasteiger partial charge in [-0.25, -0.2) is 9.18 Å². The molecule has 0 aliphatic heterocycles. The van der Waals surface area contributed by atoms with Crippen LogP contribution < -0.4 is 0 Å². The number of esters is 1. The van der Waals surface area contributed by atoms with Crippen LogP contribution in [0.5, 0.6) is 0 Å². The first-order valence-corrected chi connectivity index (χ1v) is 8.06. The lowest BCUT2D eigenvalue weighted by molar-refractivity contribution is -0.143. The van der Waals surface area contributed by atoms with Crippen molar-refractivity contribution >= 4 is 12.0 Å². The van der Waals surface area contributed by atoms with E-state index in [1.807, 2.05) is 31.2 Å². The summed E-state index contributed by atoms with van der Waals surface area (Å²) in [6.07, 6.45) is 2.32. The van der Waals surface area contributed by atoms with E-state index < -0.39 is 12.1 Å². The molecule has 0 amide bonds. The van der Waals surface area contributed by atoms with E-state index in [0.29, 0.717) is 5.56 Å². The zero-order valence-electron chi connectivity index (χ0n) is 14.3. The minimum absolute atomic E-state index is 0.168. The van der Waals surface area contributed by atoms with Crippen LogP contribution in [0.4, 0.5) is 4.39 Å². The van der Waals surface area contributed by atoms with Gasteiger partial charge in [-0.15, -0.1) is 10.2 Å². The van der Waals surface area contributed by atoms with Gasteiger partial charge in [0, 0.05) is 11.6 Å². The average Bonchev–Trinajstić information content (AvgIpc) is 3.12. The number of ether oxygens (including phenoxy) is 1. The molecule has 1 aromatic heterocycles. The summed E-state index contributed by atoms with van der Waals surface area (Å²) in [6, 6.07) is 13.4. The Morgan fingerprint density at radius 2 is 1.81 bits per heavy atom. The maximum atomic E-state index is 13.0. The van der Waals surface area contributed by atoms with Gasteiger partial charge in [-0.1, -0.05) is 29.8 Å². The first kappa shape index (κ1) is 17.5. The molecule has 3 rings (SSSR count). The van der Waals surface area contributed by atoms with Crippen LogP contribution in [0.1, 0.15) is 30.0 Å². The lowest BCUT2D eigenvalue weighted by Gasteiger charge is -2.06.